The average molecular weight is 417 g/mol. The van der Waals surface area contributed by atoms with Crippen LogP contribution < -0.4 is 10.1 Å². The van der Waals surface area contributed by atoms with Gasteiger partial charge in [-0.3, -0.25) is 4.79 Å². The topological polar surface area (TPSA) is 75.7 Å². The van der Waals surface area contributed by atoms with Crippen molar-refractivity contribution in [3.05, 3.63) is 54.1 Å². The normalized spacial score (nSPS) is 14.7. The lowest BCUT2D eigenvalue weighted by Gasteiger charge is -2.15. The van der Waals surface area contributed by atoms with Crippen LogP contribution in [0.3, 0.4) is 0 Å². The first-order chi connectivity index (χ1) is 14.0. The number of nitrogens with zero attached hydrogens (tertiary/aromatic N) is 1. The van der Waals surface area contributed by atoms with E-state index < -0.39 is 10.0 Å². The molecule has 1 heterocycles. The second-order valence-electron chi connectivity index (χ2n) is 7.18. The molecule has 0 aromatic heterocycles. The molecule has 1 saturated heterocycles. The number of sulfonamides is 1. The smallest absolute Gasteiger partial charge is 0.243 e. The fourth-order valence-corrected chi connectivity index (χ4v) is 4.79. The Hall–Kier alpha value is -2.38. The summed E-state index contributed by atoms with van der Waals surface area (Å²) in [5.74, 6) is 0.644. The molecular weight excluding hydrogens is 388 g/mol. The first kappa shape index (κ1) is 21.3. The molecule has 0 spiro atoms. The zero-order valence-corrected chi connectivity index (χ0v) is 17.6. The summed E-state index contributed by atoms with van der Waals surface area (Å²) in [6.07, 6.45) is 3.62. The predicted octanol–water partition coefficient (Wildman–Crippen LogP) is 3.83. The Labute approximate surface area is 172 Å². The second kappa shape index (κ2) is 9.89. The Bertz CT molecular complexity index is 920. The molecule has 3 rings (SSSR count). The van der Waals surface area contributed by atoms with Crippen LogP contribution in [-0.4, -0.2) is 38.3 Å². The molecule has 2 aromatic carbocycles. The van der Waals surface area contributed by atoms with E-state index >= 15 is 0 Å². The van der Waals surface area contributed by atoms with Crippen molar-refractivity contribution < 1.29 is 17.9 Å². The van der Waals surface area contributed by atoms with Crippen LogP contribution in [0.5, 0.6) is 5.75 Å². The second-order valence-corrected chi connectivity index (χ2v) is 9.12. The third-order valence-electron chi connectivity index (χ3n) is 4.86. The van der Waals surface area contributed by atoms with Gasteiger partial charge in [-0.05, 0) is 55.5 Å². The van der Waals surface area contributed by atoms with Crippen LogP contribution in [0.1, 0.15) is 38.2 Å². The molecule has 0 saturated carbocycles. The number of carbonyl (C=O) groups excluding carboxylic acids is 1. The van der Waals surface area contributed by atoms with Gasteiger partial charge in [-0.25, -0.2) is 8.42 Å². The SMILES string of the molecule is CCCOc1cccc(NC(=O)CCc2ccc(S(=O)(=O)N3CCCC3)cc2)c1. The number of ether oxygens (including phenoxy) is 1. The summed E-state index contributed by atoms with van der Waals surface area (Å²) < 4.78 is 32.2. The summed E-state index contributed by atoms with van der Waals surface area (Å²) in [4.78, 5) is 12.6. The van der Waals surface area contributed by atoms with E-state index in [-0.39, 0.29) is 5.91 Å². The van der Waals surface area contributed by atoms with E-state index in [2.05, 4.69) is 5.32 Å². The molecule has 6 nitrogen and oxygen atoms in total. The van der Waals surface area contributed by atoms with Gasteiger partial charge in [-0.15, -0.1) is 0 Å². The minimum atomic E-state index is -3.40. The molecular formula is C22H28N2O4S. The van der Waals surface area contributed by atoms with Gasteiger partial charge in [-0.1, -0.05) is 25.1 Å². The van der Waals surface area contributed by atoms with Gasteiger partial charge in [0.1, 0.15) is 5.75 Å². The third kappa shape index (κ3) is 5.81. The average Bonchev–Trinajstić information content (AvgIpc) is 3.27. The molecule has 29 heavy (non-hydrogen) atoms. The van der Waals surface area contributed by atoms with E-state index in [0.717, 1.165) is 30.6 Å². The van der Waals surface area contributed by atoms with Gasteiger partial charge in [-0.2, -0.15) is 4.31 Å². The van der Waals surface area contributed by atoms with E-state index in [1.165, 1.54) is 4.31 Å². The van der Waals surface area contributed by atoms with E-state index in [4.69, 9.17) is 4.74 Å². The fraction of sp³-hybridized carbons (Fsp3) is 0.409. The number of amides is 1. The molecule has 2 aromatic rings. The highest BCUT2D eigenvalue weighted by molar-refractivity contribution is 7.89. The lowest BCUT2D eigenvalue weighted by Crippen LogP contribution is -2.27. The summed E-state index contributed by atoms with van der Waals surface area (Å²) in [6.45, 7) is 3.87. The number of hydrogen-bond acceptors (Lipinski definition) is 4. The standard InChI is InChI=1S/C22H28N2O4S/c1-2-16-28-20-7-5-6-19(17-20)23-22(25)13-10-18-8-11-21(12-9-18)29(26,27)24-14-3-4-15-24/h5-9,11-12,17H,2-4,10,13-16H2,1H3,(H,23,25). The third-order valence-corrected chi connectivity index (χ3v) is 6.77. The van der Waals surface area contributed by atoms with E-state index in [1.54, 1.807) is 24.3 Å². The predicted molar refractivity (Wildman–Crippen MR) is 114 cm³/mol. The number of rotatable bonds is 9. The number of carbonyl (C=O) groups is 1. The summed E-state index contributed by atoms with van der Waals surface area (Å²) in [7, 11) is -3.40. The van der Waals surface area contributed by atoms with Gasteiger partial charge in [0.25, 0.3) is 0 Å². The Balaban J connectivity index is 1.53. The molecule has 1 fully saturated rings. The Kier molecular flexibility index (Phi) is 7.28. The quantitative estimate of drug-likeness (QED) is 0.674. The van der Waals surface area contributed by atoms with Crippen molar-refractivity contribution in [3.63, 3.8) is 0 Å². The van der Waals surface area contributed by atoms with Crippen molar-refractivity contribution in [1.29, 1.82) is 0 Å². The van der Waals surface area contributed by atoms with Gasteiger partial charge < -0.3 is 10.1 Å². The van der Waals surface area contributed by atoms with Crippen LogP contribution in [0.2, 0.25) is 0 Å². The molecule has 0 aliphatic carbocycles. The summed E-state index contributed by atoms with van der Waals surface area (Å²) in [5, 5.41) is 2.88. The molecule has 7 heteroatoms. The molecule has 0 bridgehead atoms. The molecule has 0 atom stereocenters. The van der Waals surface area contributed by atoms with Crippen LogP contribution in [0.4, 0.5) is 5.69 Å². The monoisotopic (exact) mass is 416 g/mol. The van der Waals surface area contributed by atoms with Gasteiger partial charge in [0, 0.05) is 31.3 Å². The van der Waals surface area contributed by atoms with Crippen molar-refractivity contribution >= 4 is 21.6 Å². The van der Waals surface area contributed by atoms with Gasteiger partial charge in [0.2, 0.25) is 15.9 Å². The minimum Gasteiger partial charge on any atom is -0.494 e. The molecule has 1 amide bonds. The van der Waals surface area contributed by atoms with Crippen LogP contribution in [0.25, 0.3) is 0 Å². The maximum absolute atomic E-state index is 12.6. The van der Waals surface area contributed by atoms with E-state index in [0.29, 0.717) is 43.1 Å². The fourth-order valence-electron chi connectivity index (χ4n) is 3.27. The molecule has 1 aliphatic heterocycles. The summed E-state index contributed by atoms with van der Waals surface area (Å²) >= 11 is 0. The number of aryl methyl sites for hydroxylation is 1. The zero-order chi connectivity index (χ0) is 20.7. The van der Waals surface area contributed by atoms with Crippen LogP contribution >= 0.6 is 0 Å². The molecule has 156 valence electrons. The number of benzene rings is 2. The Morgan fingerprint density at radius 2 is 1.83 bits per heavy atom. The zero-order valence-electron chi connectivity index (χ0n) is 16.8. The van der Waals surface area contributed by atoms with E-state index in [1.807, 2.05) is 31.2 Å². The van der Waals surface area contributed by atoms with Crippen molar-refractivity contribution in [2.75, 3.05) is 25.0 Å². The largest absolute Gasteiger partial charge is 0.494 e. The number of anilines is 1. The maximum atomic E-state index is 12.6. The lowest BCUT2D eigenvalue weighted by molar-refractivity contribution is -0.116. The van der Waals surface area contributed by atoms with Gasteiger partial charge >= 0.3 is 0 Å². The highest BCUT2D eigenvalue weighted by Crippen LogP contribution is 2.22. The van der Waals surface area contributed by atoms with Crippen molar-refractivity contribution in [1.82, 2.24) is 4.31 Å². The van der Waals surface area contributed by atoms with Crippen molar-refractivity contribution in [3.8, 4) is 5.75 Å². The van der Waals surface area contributed by atoms with Gasteiger partial charge in [0.05, 0.1) is 11.5 Å². The highest BCUT2D eigenvalue weighted by Gasteiger charge is 2.26. The first-order valence-corrected chi connectivity index (χ1v) is 11.5. The summed E-state index contributed by atoms with van der Waals surface area (Å²) in [5.41, 5.74) is 1.64. The Morgan fingerprint density at radius 3 is 2.52 bits per heavy atom. The lowest BCUT2D eigenvalue weighted by atomic mass is 10.1. The van der Waals surface area contributed by atoms with Crippen LogP contribution in [0.15, 0.2) is 53.4 Å². The molecule has 1 aliphatic rings. The Morgan fingerprint density at radius 1 is 1.10 bits per heavy atom. The van der Waals surface area contributed by atoms with Crippen LogP contribution in [0, 0.1) is 0 Å². The minimum absolute atomic E-state index is 0.0913. The number of hydrogen-bond donors (Lipinski definition) is 1. The molecule has 0 radical (unpaired) electrons. The molecule has 1 N–H and O–H groups in total. The van der Waals surface area contributed by atoms with Crippen molar-refractivity contribution in [2.24, 2.45) is 0 Å². The van der Waals surface area contributed by atoms with Crippen LogP contribution in [-0.2, 0) is 21.2 Å². The highest BCUT2D eigenvalue weighted by atomic mass is 32.2. The number of nitrogens with one attached hydrogen (secondary N) is 1. The van der Waals surface area contributed by atoms with Gasteiger partial charge in [0.15, 0.2) is 0 Å². The molecule has 0 unspecified atom stereocenters. The van der Waals surface area contributed by atoms with Crippen molar-refractivity contribution in [2.45, 2.75) is 43.9 Å². The van der Waals surface area contributed by atoms with E-state index in [9.17, 15) is 13.2 Å². The maximum Gasteiger partial charge on any atom is 0.243 e. The first-order valence-electron chi connectivity index (χ1n) is 10.1. The summed E-state index contributed by atoms with van der Waals surface area (Å²) in [6, 6.07) is 14.2.